The van der Waals surface area contributed by atoms with Crippen LogP contribution in [0.4, 0.5) is 0 Å². The molecule has 15 heavy (non-hydrogen) atoms. The largest absolute Gasteiger partial charge is 0.293 e. The molecule has 0 radical (unpaired) electrons. The third-order valence-electron chi connectivity index (χ3n) is 2.35. The molecular formula is C13H20BrN. The molecule has 1 aromatic rings. The zero-order valence-electron chi connectivity index (χ0n) is 10.00. The summed E-state index contributed by atoms with van der Waals surface area (Å²) in [6, 6.07) is 8.87. The van der Waals surface area contributed by atoms with E-state index < -0.39 is 0 Å². The standard InChI is InChI=1S/C13H20BrN/c1-10(2)9-11-5-7-12(8-6-11)13(14)15(3)4/h5-8,10,13H,9H2,1-4H3. The van der Waals surface area contributed by atoms with E-state index in [0.29, 0.717) is 4.95 Å². The zero-order chi connectivity index (χ0) is 11.4. The summed E-state index contributed by atoms with van der Waals surface area (Å²) < 4.78 is 0. The number of rotatable bonds is 4. The first-order valence-electron chi connectivity index (χ1n) is 5.40. The van der Waals surface area contributed by atoms with E-state index in [-0.39, 0.29) is 0 Å². The molecule has 2 heteroatoms. The van der Waals surface area contributed by atoms with Crippen LogP contribution in [-0.4, -0.2) is 19.0 Å². The number of alkyl halides is 1. The van der Waals surface area contributed by atoms with Crippen LogP contribution in [0.25, 0.3) is 0 Å². The van der Waals surface area contributed by atoms with Gasteiger partial charge in [0.25, 0.3) is 0 Å². The van der Waals surface area contributed by atoms with E-state index in [2.05, 4.69) is 73.0 Å². The van der Waals surface area contributed by atoms with Crippen molar-refractivity contribution in [2.75, 3.05) is 14.1 Å². The summed E-state index contributed by atoms with van der Waals surface area (Å²) in [6.45, 7) is 4.50. The lowest BCUT2D eigenvalue weighted by molar-refractivity contribution is 0.398. The number of benzene rings is 1. The minimum atomic E-state index is 0.311. The fraction of sp³-hybridized carbons (Fsp3) is 0.538. The topological polar surface area (TPSA) is 3.24 Å². The Morgan fingerprint density at radius 2 is 1.67 bits per heavy atom. The third-order valence-corrected chi connectivity index (χ3v) is 3.70. The Kier molecular flexibility index (Phi) is 4.81. The summed E-state index contributed by atoms with van der Waals surface area (Å²) in [6.07, 6.45) is 1.16. The van der Waals surface area contributed by atoms with Crippen LogP contribution in [0.2, 0.25) is 0 Å². The van der Waals surface area contributed by atoms with Crippen LogP contribution in [0.15, 0.2) is 24.3 Å². The van der Waals surface area contributed by atoms with Crippen LogP contribution in [0, 0.1) is 5.92 Å². The van der Waals surface area contributed by atoms with Crippen molar-refractivity contribution in [3.63, 3.8) is 0 Å². The van der Waals surface area contributed by atoms with Gasteiger partial charge in [-0.25, -0.2) is 0 Å². The van der Waals surface area contributed by atoms with Gasteiger partial charge in [-0.2, -0.15) is 0 Å². The predicted molar refractivity (Wildman–Crippen MR) is 70.3 cm³/mol. The van der Waals surface area contributed by atoms with Gasteiger partial charge in [0.15, 0.2) is 0 Å². The lowest BCUT2D eigenvalue weighted by Gasteiger charge is -2.18. The first kappa shape index (κ1) is 12.7. The van der Waals surface area contributed by atoms with Gasteiger partial charge in [0.2, 0.25) is 0 Å². The number of hydrogen-bond donors (Lipinski definition) is 0. The summed E-state index contributed by atoms with van der Waals surface area (Å²) in [5.41, 5.74) is 2.74. The molecule has 1 aromatic carbocycles. The highest BCUT2D eigenvalue weighted by Gasteiger charge is 2.08. The molecule has 0 bridgehead atoms. The minimum absolute atomic E-state index is 0.311. The molecule has 0 saturated carbocycles. The van der Waals surface area contributed by atoms with Crippen molar-refractivity contribution in [1.82, 2.24) is 4.90 Å². The van der Waals surface area contributed by atoms with Crippen LogP contribution in [-0.2, 0) is 6.42 Å². The molecule has 0 saturated heterocycles. The summed E-state index contributed by atoms with van der Waals surface area (Å²) in [5.74, 6) is 0.726. The van der Waals surface area contributed by atoms with Crippen molar-refractivity contribution in [3.05, 3.63) is 35.4 Å². The van der Waals surface area contributed by atoms with E-state index >= 15 is 0 Å². The van der Waals surface area contributed by atoms with Crippen molar-refractivity contribution in [2.45, 2.75) is 25.2 Å². The Balaban J connectivity index is 2.72. The smallest absolute Gasteiger partial charge is 0.0906 e. The molecule has 0 aliphatic carbocycles. The van der Waals surface area contributed by atoms with Crippen molar-refractivity contribution >= 4 is 15.9 Å². The molecule has 1 nitrogen and oxygen atoms in total. The zero-order valence-corrected chi connectivity index (χ0v) is 11.6. The van der Waals surface area contributed by atoms with E-state index in [1.807, 2.05) is 0 Å². The molecule has 1 rings (SSSR count). The van der Waals surface area contributed by atoms with Gasteiger partial charge in [-0.15, -0.1) is 0 Å². The molecule has 0 N–H and O–H groups in total. The van der Waals surface area contributed by atoms with Crippen molar-refractivity contribution < 1.29 is 0 Å². The van der Waals surface area contributed by atoms with Gasteiger partial charge in [0.1, 0.15) is 0 Å². The molecule has 0 aliphatic rings. The van der Waals surface area contributed by atoms with Crippen LogP contribution in [0.3, 0.4) is 0 Å². The molecule has 84 valence electrons. The molecule has 1 unspecified atom stereocenters. The van der Waals surface area contributed by atoms with E-state index in [4.69, 9.17) is 0 Å². The second-order valence-electron chi connectivity index (χ2n) is 4.64. The van der Waals surface area contributed by atoms with Gasteiger partial charge in [-0.05, 0) is 37.6 Å². The number of hydrogen-bond acceptors (Lipinski definition) is 1. The lowest BCUT2D eigenvalue weighted by Crippen LogP contribution is -2.14. The molecule has 1 atom stereocenters. The van der Waals surface area contributed by atoms with E-state index in [9.17, 15) is 0 Å². The highest BCUT2D eigenvalue weighted by Crippen LogP contribution is 2.25. The van der Waals surface area contributed by atoms with Gasteiger partial charge in [-0.3, -0.25) is 4.90 Å². The number of nitrogens with zero attached hydrogens (tertiary/aromatic N) is 1. The van der Waals surface area contributed by atoms with Crippen LogP contribution >= 0.6 is 15.9 Å². The van der Waals surface area contributed by atoms with E-state index in [1.165, 1.54) is 11.1 Å². The van der Waals surface area contributed by atoms with Crippen LogP contribution in [0.1, 0.15) is 29.9 Å². The monoisotopic (exact) mass is 269 g/mol. The quantitative estimate of drug-likeness (QED) is 0.593. The summed E-state index contributed by atoms with van der Waals surface area (Å²) in [5, 5.41) is 0. The maximum absolute atomic E-state index is 3.65. The Morgan fingerprint density at radius 3 is 2.07 bits per heavy atom. The Morgan fingerprint density at radius 1 is 1.13 bits per heavy atom. The minimum Gasteiger partial charge on any atom is -0.293 e. The second-order valence-corrected chi connectivity index (χ2v) is 5.51. The maximum Gasteiger partial charge on any atom is 0.0906 e. The predicted octanol–water partition coefficient (Wildman–Crippen LogP) is 3.84. The first-order chi connectivity index (χ1) is 7.00. The van der Waals surface area contributed by atoms with Gasteiger partial charge in [-0.1, -0.05) is 54.0 Å². The van der Waals surface area contributed by atoms with Crippen molar-refractivity contribution in [2.24, 2.45) is 5.92 Å². The van der Waals surface area contributed by atoms with E-state index in [1.54, 1.807) is 0 Å². The Bertz CT molecular complexity index is 290. The van der Waals surface area contributed by atoms with Gasteiger partial charge in [0, 0.05) is 0 Å². The highest BCUT2D eigenvalue weighted by molar-refractivity contribution is 9.09. The molecule has 0 amide bonds. The molecular weight excluding hydrogens is 250 g/mol. The molecule has 0 fully saturated rings. The van der Waals surface area contributed by atoms with Crippen molar-refractivity contribution in [3.8, 4) is 0 Å². The van der Waals surface area contributed by atoms with Crippen LogP contribution < -0.4 is 0 Å². The van der Waals surface area contributed by atoms with Gasteiger partial charge in [0.05, 0.1) is 4.95 Å². The average molecular weight is 270 g/mol. The molecule has 0 spiro atoms. The highest BCUT2D eigenvalue weighted by atomic mass is 79.9. The van der Waals surface area contributed by atoms with Gasteiger partial charge < -0.3 is 0 Å². The van der Waals surface area contributed by atoms with Crippen LogP contribution in [0.5, 0.6) is 0 Å². The Labute approximate surface area is 102 Å². The van der Waals surface area contributed by atoms with Gasteiger partial charge >= 0.3 is 0 Å². The average Bonchev–Trinajstić information content (AvgIpc) is 2.17. The van der Waals surface area contributed by atoms with E-state index in [0.717, 1.165) is 12.3 Å². The second kappa shape index (κ2) is 5.66. The lowest BCUT2D eigenvalue weighted by atomic mass is 10.0. The van der Waals surface area contributed by atoms with Crippen molar-refractivity contribution in [1.29, 1.82) is 0 Å². The SMILES string of the molecule is CC(C)Cc1ccc(C(Br)N(C)C)cc1. The maximum atomic E-state index is 3.65. The summed E-state index contributed by atoms with van der Waals surface area (Å²) in [4.78, 5) is 2.46. The normalized spacial score (nSPS) is 13.5. The fourth-order valence-corrected chi connectivity index (χ4v) is 1.89. The molecule has 0 aliphatic heterocycles. The summed E-state index contributed by atoms with van der Waals surface area (Å²) in [7, 11) is 4.14. The number of halogens is 1. The third kappa shape index (κ3) is 3.96. The molecule has 0 aromatic heterocycles. The first-order valence-corrected chi connectivity index (χ1v) is 6.31. The Hall–Kier alpha value is -0.340. The fourth-order valence-electron chi connectivity index (χ4n) is 1.58. The summed E-state index contributed by atoms with van der Waals surface area (Å²) >= 11 is 3.65. The molecule has 0 heterocycles.